The Kier molecular flexibility index (Phi) is 4.47. The highest BCUT2D eigenvalue weighted by molar-refractivity contribution is 6.34. The molecule has 2 N–H and O–H groups in total. The second-order valence-electron chi connectivity index (χ2n) is 3.68. The molecule has 0 aliphatic rings. The number of aromatic nitrogens is 1. The molecule has 1 aromatic carbocycles. The van der Waals surface area contributed by atoms with Gasteiger partial charge in [-0.1, -0.05) is 28.4 Å². The number of hydrogen-bond acceptors (Lipinski definition) is 4. The van der Waals surface area contributed by atoms with Crippen LogP contribution in [0.5, 0.6) is 5.75 Å². The Labute approximate surface area is 115 Å². The number of rotatable bonds is 5. The molecule has 6 heteroatoms. The van der Waals surface area contributed by atoms with Crippen LogP contribution in [0.2, 0.25) is 10.0 Å². The van der Waals surface area contributed by atoms with Gasteiger partial charge in [-0.3, -0.25) is 0 Å². The summed E-state index contributed by atoms with van der Waals surface area (Å²) in [6.45, 7) is 0.468. The molecule has 18 heavy (non-hydrogen) atoms. The first-order chi connectivity index (χ1) is 8.70. The van der Waals surface area contributed by atoms with Crippen molar-refractivity contribution >= 4 is 23.2 Å². The molecular weight excluding hydrogens is 275 g/mol. The third-order valence-corrected chi connectivity index (χ3v) is 2.93. The van der Waals surface area contributed by atoms with Gasteiger partial charge >= 0.3 is 0 Å². The Morgan fingerprint density at radius 1 is 1.33 bits per heavy atom. The first kappa shape index (κ1) is 13.2. The van der Waals surface area contributed by atoms with Gasteiger partial charge in [-0.05, 0) is 18.7 Å². The van der Waals surface area contributed by atoms with Gasteiger partial charge in [-0.2, -0.15) is 0 Å². The molecular formula is C12H12Cl2N2O2. The Hall–Kier alpha value is -1.23. The average Bonchev–Trinajstić information content (AvgIpc) is 2.87. The summed E-state index contributed by atoms with van der Waals surface area (Å²) < 4.78 is 10.6. The third kappa shape index (κ3) is 3.16. The molecule has 4 nitrogen and oxygen atoms in total. The van der Waals surface area contributed by atoms with Crippen LogP contribution in [0.25, 0.3) is 0 Å². The van der Waals surface area contributed by atoms with E-state index in [-0.39, 0.29) is 6.10 Å². The van der Waals surface area contributed by atoms with Crippen molar-refractivity contribution < 1.29 is 9.26 Å². The molecule has 1 unspecified atom stereocenters. The van der Waals surface area contributed by atoms with Crippen molar-refractivity contribution in [2.45, 2.75) is 12.5 Å². The van der Waals surface area contributed by atoms with Crippen molar-refractivity contribution in [2.24, 2.45) is 5.73 Å². The number of nitrogens with two attached hydrogens (primary N) is 1. The predicted octanol–water partition coefficient (Wildman–Crippen LogP) is 3.45. The minimum Gasteiger partial charge on any atom is -0.482 e. The Balaban J connectivity index is 2.21. The fraction of sp³-hybridized carbons (Fsp3) is 0.250. The lowest BCUT2D eigenvalue weighted by molar-refractivity contribution is 0.187. The minimum absolute atomic E-state index is 0.301. The first-order valence-electron chi connectivity index (χ1n) is 5.42. The Morgan fingerprint density at radius 2 is 2.17 bits per heavy atom. The average molecular weight is 287 g/mol. The monoisotopic (exact) mass is 286 g/mol. The molecule has 2 aromatic rings. The topological polar surface area (TPSA) is 61.3 Å². The molecule has 0 saturated heterocycles. The molecule has 1 heterocycles. The SMILES string of the molecule is NCCC(Oc1cc(Cl)ccc1Cl)c1ccon1. The number of ether oxygens (including phenoxy) is 1. The van der Waals surface area contributed by atoms with Crippen LogP contribution in [0.3, 0.4) is 0 Å². The maximum Gasteiger partial charge on any atom is 0.145 e. The van der Waals surface area contributed by atoms with Crippen LogP contribution in [-0.4, -0.2) is 11.7 Å². The highest BCUT2D eigenvalue weighted by Crippen LogP contribution is 2.32. The molecule has 2 rings (SSSR count). The molecule has 0 fully saturated rings. The van der Waals surface area contributed by atoms with E-state index in [0.717, 1.165) is 0 Å². The van der Waals surface area contributed by atoms with Crippen molar-refractivity contribution in [1.82, 2.24) is 5.16 Å². The third-order valence-electron chi connectivity index (χ3n) is 2.38. The van der Waals surface area contributed by atoms with Gasteiger partial charge in [0.1, 0.15) is 23.8 Å². The molecule has 0 bridgehead atoms. The van der Waals surface area contributed by atoms with Crippen molar-refractivity contribution in [1.29, 1.82) is 0 Å². The largest absolute Gasteiger partial charge is 0.482 e. The molecule has 0 amide bonds. The van der Waals surface area contributed by atoms with Gasteiger partial charge in [0.25, 0.3) is 0 Å². The van der Waals surface area contributed by atoms with E-state index in [1.807, 2.05) is 0 Å². The molecule has 1 atom stereocenters. The van der Waals surface area contributed by atoms with Crippen LogP contribution in [0.1, 0.15) is 18.2 Å². The van der Waals surface area contributed by atoms with Gasteiger partial charge in [0.05, 0.1) is 5.02 Å². The summed E-state index contributed by atoms with van der Waals surface area (Å²) in [6.07, 6.45) is 1.79. The van der Waals surface area contributed by atoms with Gasteiger partial charge in [0, 0.05) is 23.6 Å². The minimum atomic E-state index is -0.301. The zero-order chi connectivity index (χ0) is 13.0. The maximum atomic E-state index is 6.04. The molecule has 1 aromatic heterocycles. The van der Waals surface area contributed by atoms with Crippen LogP contribution in [0.15, 0.2) is 35.1 Å². The molecule has 0 aliphatic heterocycles. The zero-order valence-corrected chi connectivity index (χ0v) is 11.0. The summed E-state index contributed by atoms with van der Waals surface area (Å²) in [5.74, 6) is 0.505. The van der Waals surface area contributed by atoms with E-state index < -0.39 is 0 Å². The molecule has 0 spiro atoms. The van der Waals surface area contributed by atoms with E-state index in [4.69, 9.17) is 38.2 Å². The van der Waals surface area contributed by atoms with E-state index in [1.165, 1.54) is 6.26 Å². The van der Waals surface area contributed by atoms with E-state index in [2.05, 4.69) is 5.16 Å². The van der Waals surface area contributed by atoms with Gasteiger partial charge in [-0.25, -0.2) is 0 Å². The lowest BCUT2D eigenvalue weighted by atomic mass is 10.2. The molecule has 0 radical (unpaired) electrons. The Morgan fingerprint density at radius 3 is 2.83 bits per heavy atom. The number of halogens is 2. The summed E-state index contributed by atoms with van der Waals surface area (Å²) in [4.78, 5) is 0. The van der Waals surface area contributed by atoms with Gasteiger partial charge < -0.3 is 15.0 Å². The van der Waals surface area contributed by atoms with E-state index in [9.17, 15) is 0 Å². The normalized spacial score (nSPS) is 12.4. The van der Waals surface area contributed by atoms with Crippen LogP contribution >= 0.6 is 23.2 Å². The highest BCUT2D eigenvalue weighted by Gasteiger charge is 2.17. The zero-order valence-electron chi connectivity index (χ0n) is 9.48. The van der Waals surface area contributed by atoms with Crippen molar-refractivity contribution in [3.8, 4) is 5.75 Å². The lowest BCUT2D eigenvalue weighted by Crippen LogP contribution is -2.13. The quantitative estimate of drug-likeness (QED) is 0.914. The smallest absolute Gasteiger partial charge is 0.145 e. The number of benzene rings is 1. The van der Waals surface area contributed by atoms with Crippen LogP contribution in [0.4, 0.5) is 0 Å². The van der Waals surface area contributed by atoms with Crippen molar-refractivity contribution in [2.75, 3.05) is 6.54 Å². The molecule has 0 saturated carbocycles. The maximum absolute atomic E-state index is 6.04. The fourth-order valence-corrected chi connectivity index (χ4v) is 1.85. The number of hydrogen-bond donors (Lipinski definition) is 1. The molecule has 96 valence electrons. The summed E-state index contributed by atoms with van der Waals surface area (Å²) in [6, 6.07) is 6.78. The number of nitrogens with zero attached hydrogens (tertiary/aromatic N) is 1. The van der Waals surface area contributed by atoms with Crippen LogP contribution in [0, 0.1) is 0 Å². The van der Waals surface area contributed by atoms with Crippen LogP contribution in [-0.2, 0) is 0 Å². The van der Waals surface area contributed by atoms with E-state index >= 15 is 0 Å². The Bertz CT molecular complexity index is 503. The van der Waals surface area contributed by atoms with Crippen LogP contribution < -0.4 is 10.5 Å². The summed E-state index contributed by atoms with van der Waals surface area (Å²) in [5.41, 5.74) is 6.24. The second kappa shape index (κ2) is 6.09. The van der Waals surface area contributed by atoms with Crippen molar-refractivity contribution in [3.05, 3.63) is 46.3 Å². The van der Waals surface area contributed by atoms with Gasteiger partial charge in [-0.15, -0.1) is 0 Å². The van der Waals surface area contributed by atoms with Gasteiger partial charge in [0.15, 0.2) is 0 Å². The fourth-order valence-electron chi connectivity index (χ4n) is 1.53. The predicted molar refractivity (Wildman–Crippen MR) is 70.0 cm³/mol. The summed E-state index contributed by atoms with van der Waals surface area (Å²) >= 11 is 11.9. The first-order valence-corrected chi connectivity index (χ1v) is 6.18. The highest BCUT2D eigenvalue weighted by atomic mass is 35.5. The van der Waals surface area contributed by atoms with E-state index in [0.29, 0.717) is 34.5 Å². The lowest BCUT2D eigenvalue weighted by Gasteiger charge is -2.17. The standard InChI is InChI=1S/C12H12Cl2N2O2/c13-8-1-2-9(14)12(7-8)18-11(3-5-15)10-4-6-17-16-10/h1-2,4,6-7,11H,3,5,15H2. The molecule has 0 aliphatic carbocycles. The second-order valence-corrected chi connectivity index (χ2v) is 4.53. The summed E-state index contributed by atoms with van der Waals surface area (Å²) in [7, 11) is 0. The van der Waals surface area contributed by atoms with Gasteiger partial charge in [0.2, 0.25) is 0 Å². The summed E-state index contributed by atoms with van der Waals surface area (Å²) in [5, 5.41) is 4.90. The van der Waals surface area contributed by atoms with Crippen molar-refractivity contribution in [3.63, 3.8) is 0 Å². The van der Waals surface area contributed by atoms with E-state index in [1.54, 1.807) is 24.3 Å².